The van der Waals surface area contributed by atoms with Crippen LogP contribution in [0.5, 0.6) is 0 Å². The van der Waals surface area contributed by atoms with E-state index in [4.69, 9.17) is 0 Å². The predicted octanol–water partition coefficient (Wildman–Crippen LogP) is 11.6. The van der Waals surface area contributed by atoms with E-state index in [1.54, 1.807) is 0 Å². The summed E-state index contributed by atoms with van der Waals surface area (Å²) in [6.45, 7) is 4.04. The number of carbonyl (C=O) groups is 1. The Morgan fingerprint density at radius 1 is 0.420 bits per heavy atom. The molecule has 0 aliphatic carbocycles. The fraction of sp³-hybridized carbons (Fsp3) is 0.977. The topological polar surface area (TPSA) is 110 Å². The Balaban J connectivity index is 3.60. The van der Waals surface area contributed by atoms with Gasteiger partial charge < -0.3 is 25.7 Å². The van der Waals surface area contributed by atoms with Gasteiger partial charge >= 0.3 is 0 Å². The van der Waals surface area contributed by atoms with Gasteiger partial charge in [-0.1, -0.05) is 232 Å². The minimum Gasteiger partial charge on any atom is -0.394 e. The summed E-state index contributed by atoms with van der Waals surface area (Å²) in [5, 5.41) is 43.5. The molecule has 4 atom stereocenters. The van der Waals surface area contributed by atoms with Crippen molar-refractivity contribution in [2.24, 2.45) is 0 Å². The molecule has 0 aliphatic heterocycles. The van der Waals surface area contributed by atoms with Gasteiger partial charge in [0.1, 0.15) is 12.2 Å². The lowest BCUT2D eigenvalue weighted by atomic mass is 9.99. The molecule has 0 rings (SSSR count). The van der Waals surface area contributed by atoms with Crippen molar-refractivity contribution < 1.29 is 25.2 Å². The zero-order valence-corrected chi connectivity index (χ0v) is 33.7. The van der Waals surface area contributed by atoms with Gasteiger partial charge in [-0.3, -0.25) is 4.79 Å². The lowest BCUT2D eigenvalue weighted by molar-refractivity contribution is -0.132. The highest BCUT2D eigenvalue weighted by Crippen LogP contribution is 2.17. The molecule has 5 N–H and O–H groups in total. The Morgan fingerprint density at radius 2 is 0.680 bits per heavy atom. The van der Waals surface area contributed by atoms with Crippen LogP contribution in [-0.2, 0) is 4.79 Å². The highest BCUT2D eigenvalue weighted by atomic mass is 16.3. The number of hydrogen-bond donors (Lipinski definition) is 5. The van der Waals surface area contributed by atoms with E-state index in [0.717, 1.165) is 38.5 Å². The van der Waals surface area contributed by atoms with Gasteiger partial charge in [0, 0.05) is 0 Å². The summed E-state index contributed by atoms with van der Waals surface area (Å²) >= 11 is 0. The molecule has 0 radical (unpaired) electrons. The summed E-state index contributed by atoms with van der Waals surface area (Å²) in [5.41, 5.74) is 0. The molecule has 0 saturated carbocycles. The van der Waals surface area contributed by atoms with Gasteiger partial charge in [0.25, 0.3) is 0 Å². The van der Waals surface area contributed by atoms with Gasteiger partial charge in [-0.25, -0.2) is 0 Å². The number of nitrogens with one attached hydrogen (secondary N) is 1. The number of aliphatic hydroxyl groups is 4. The molecule has 6 nitrogen and oxygen atoms in total. The third-order valence-electron chi connectivity index (χ3n) is 10.8. The molecule has 0 heterocycles. The van der Waals surface area contributed by atoms with Crippen molar-refractivity contribution in [2.45, 2.75) is 269 Å². The van der Waals surface area contributed by atoms with Crippen LogP contribution in [0.25, 0.3) is 0 Å². The molecule has 0 bridgehead atoms. The van der Waals surface area contributed by atoms with Crippen LogP contribution in [0.2, 0.25) is 0 Å². The van der Waals surface area contributed by atoms with E-state index < -0.39 is 36.9 Å². The Morgan fingerprint density at radius 3 is 0.960 bits per heavy atom. The molecular formula is C44H89NO5. The average Bonchev–Trinajstić information content (AvgIpc) is 3.12. The Labute approximate surface area is 311 Å². The number of rotatable bonds is 41. The summed E-state index contributed by atoms with van der Waals surface area (Å²) in [6.07, 6.45) is 41.5. The summed E-state index contributed by atoms with van der Waals surface area (Å²) in [6, 6.07) is -0.977. The number of aliphatic hydroxyl groups excluding tert-OH is 4. The molecule has 6 heteroatoms. The smallest absolute Gasteiger partial charge is 0.249 e. The van der Waals surface area contributed by atoms with Crippen molar-refractivity contribution in [3.63, 3.8) is 0 Å². The summed E-state index contributed by atoms with van der Waals surface area (Å²) < 4.78 is 0. The van der Waals surface area contributed by atoms with Crippen molar-refractivity contribution in [3.8, 4) is 0 Å². The van der Waals surface area contributed by atoms with Crippen LogP contribution in [0.3, 0.4) is 0 Å². The fourth-order valence-electron chi connectivity index (χ4n) is 7.23. The molecule has 300 valence electrons. The molecule has 4 unspecified atom stereocenters. The molecule has 0 aromatic heterocycles. The van der Waals surface area contributed by atoms with Crippen LogP contribution in [0.4, 0.5) is 0 Å². The second kappa shape index (κ2) is 39.5. The van der Waals surface area contributed by atoms with Crippen LogP contribution < -0.4 is 5.32 Å². The first-order valence-corrected chi connectivity index (χ1v) is 22.4. The van der Waals surface area contributed by atoms with E-state index in [1.807, 2.05) is 0 Å². The van der Waals surface area contributed by atoms with Crippen LogP contribution in [0.15, 0.2) is 0 Å². The lowest BCUT2D eigenvalue weighted by Gasteiger charge is -2.27. The third kappa shape index (κ3) is 33.2. The molecule has 0 aromatic rings. The molecule has 0 spiro atoms. The highest BCUT2D eigenvalue weighted by molar-refractivity contribution is 5.80. The minimum absolute atomic E-state index is 0.375. The number of carbonyl (C=O) groups excluding carboxylic acids is 1. The standard InChI is InChI=1S/C44H89NO5/c1-3-5-7-9-11-13-15-16-17-18-19-20-21-22-23-24-25-26-27-28-30-32-34-36-38-42(48)44(50)45-40(39-46)43(49)41(47)37-35-33-31-29-14-12-10-8-6-4-2/h40-43,46-49H,3-39H2,1-2H3,(H,45,50). The average molecular weight is 712 g/mol. The lowest BCUT2D eigenvalue weighted by Crippen LogP contribution is -2.53. The van der Waals surface area contributed by atoms with Gasteiger partial charge in [0.2, 0.25) is 5.91 Å². The van der Waals surface area contributed by atoms with E-state index in [0.29, 0.717) is 12.8 Å². The van der Waals surface area contributed by atoms with Gasteiger partial charge in [0.15, 0.2) is 0 Å². The van der Waals surface area contributed by atoms with Gasteiger partial charge in [-0.05, 0) is 12.8 Å². The number of hydrogen-bond acceptors (Lipinski definition) is 5. The maximum atomic E-state index is 12.5. The van der Waals surface area contributed by atoms with Crippen LogP contribution in [0, 0.1) is 0 Å². The van der Waals surface area contributed by atoms with E-state index in [2.05, 4.69) is 19.2 Å². The molecule has 0 aromatic carbocycles. The van der Waals surface area contributed by atoms with Crippen LogP contribution in [-0.4, -0.2) is 57.3 Å². The zero-order valence-electron chi connectivity index (χ0n) is 33.7. The zero-order chi connectivity index (χ0) is 36.8. The van der Waals surface area contributed by atoms with Crippen molar-refractivity contribution in [1.82, 2.24) is 5.32 Å². The normalized spacial score (nSPS) is 14.1. The van der Waals surface area contributed by atoms with Crippen molar-refractivity contribution in [3.05, 3.63) is 0 Å². The van der Waals surface area contributed by atoms with E-state index in [1.165, 1.54) is 180 Å². The molecular weight excluding hydrogens is 622 g/mol. The summed E-state index contributed by atoms with van der Waals surface area (Å²) in [5.74, 6) is -0.580. The van der Waals surface area contributed by atoms with Gasteiger partial charge in [-0.15, -0.1) is 0 Å². The molecule has 0 saturated heterocycles. The largest absolute Gasteiger partial charge is 0.394 e. The Hall–Kier alpha value is -0.690. The third-order valence-corrected chi connectivity index (χ3v) is 10.8. The second-order valence-corrected chi connectivity index (χ2v) is 15.8. The summed E-state index contributed by atoms with van der Waals surface area (Å²) in [4.78, 5) is 12.5. The van der Waals surface area contributed by atoms with E-state index >= 15 is 0 Å². The monoisotopic (exact) mass is 712 g/mol. The maximum absolute atomic E-state index is 12.5. The maximum Gasteiger partial charge on any atom is 0.249 e. The number of amides is 1. The number of unbranched alkanes of at least 4 members (excludes halogenated alkanes) is 32. The van der Waals surface area contributed by atoms with E-state index in [-0.39, 0.29) is 0 Å². The van der Waals surface area contributed by atoms with Crippen molar-refractivity contribution >= 4 is 5.91 Å². The Bertz CT molecular complexity index is 677. The SMILES string of the molecule is CCCCCCCCCCCCCCCCCCCCCCCCCCC(O)C(=O)NC(CO)C(O)C(O)CCCCCCCCCCCC. The van der Waals surface area contributed by atoms with Crippen LogP contribution >= 0.6 is 0 Å². The predicted molar refractivity (Wildman–Crippen MR) is 215 cm³/mol. The highest BCUT2D eigenvalue weighted by Gasteiger charge is 2.28. The van der Waals surface area contributed by atoms with Gasteiger partial charge in [0.05, 0.1) is 18.8 Å². The Kier molecular flexibility index (Phi) is 39.0. The second-order valence-electron chi connectivity index (χ2n) is 15.8. The van der Waals surface area contributed by atoms with Gasteiger partial charge in [-0.2, -0.15) is 0 Å². The minimum atomic E-state index is -1.25. The molecule has 0 fully saturated rings. The first kappa shape index (κ1) is 49.3. The fourth-order valence-corrected chi connectivity index (χ4v) is 7.23. The van der Waals surface area contributed by atoms with Crippen LogP contribution in [0.1, 0.15) is 245 Å². The molecule has 50 heavy (non-hydrogen) atoms. The quantitative estimate of drug-likeness (QED) is 0.0406. The van der Waals surface area contributed by atoms with Crippen molar-refractivity contribution in [1.29, 1.82) is 0 Å². The molecule has 0 aliphatic rings. The summed E-state index contributed by atoms with van der Waals surface area (Å²) in [7, 11) is 0. The molecule has 1 amide bonds. The van der Waals surface area contributed by atoms with Crippen molar-refractivity contribution in [2.75, 3.05) is 6.61 Å². The van der Waals surface area contributed by atoms with E-state index in [9.17, 15) is 25.2 Å². The first-order chi connectivity index (χ1) is 24.5. The first-order valence-electron chi connectivity index (χ1n) is 22.4.